The molecule has 0 saturated carbocycles. The highest BCUT2D eigenvalue weighted by Crippen LogP contribution is 2.31. The lowest BCUT2D eigenvalue weighted by Crippen LogP contribution is -2.48. The van der Waals surface area contributed by atoms with Crippen LogP contribution in [-0.4, -0.2) is 63.8 Å². The Morgan fingerprint density at radius 2 is 1.80 bits per heavy atom. The van der Waals surface area contributed by atoms with E-state index in [1.807, 2.05) is 41.8 Å². The first-order chi connectivity index (χ1) is 14.4. The maximum Gasteiger partial charge on any atom is 0.273 e. The molecular formula is C22H28N6O2. The fourth-order valence-corrected chi connectivity index (χ4v) is 3.88. The summed E-state index contributed by atoms with van der Waals surface area (Å²) in [5.74, 6) is 1.29. The Morgan fingerprint density at radius 3 is 2.43 bits per heavy atom. The third-order valence-corrected chi connectivity index (χ3v) is 5.72. The van der Waals surface area contributed by atoms with Crippen molar-refractivity contribution in [3.63, 3.8) is 0 Å². The first-order valence-electron chi connectivity index (χ1n) is 10.4. The van der Waals surface area contributed by atoms with Gasteiger partial charge in [0, 0.05) is 51.3 Å². The first kappa shape index (κ1) is 20.1. The molecule has 2 aliphatic rings. The van der Waals surface area contributed by atoms with Crippen LogP contribution >= 0.6 is 0 Å². The number of rotatable bonds is 5. The summed E-state index contributed by atoms with van der Waals surface area (Å²) >= 11 is 0. The van der Waals surface area contributed by atoms with Crippen molar-refractivity contribution >= 4 is 23.6 Å². The first-order valence-corrected chi connectivity index (χ1v) is 10.4. The average Bonchev–Trinajstić information content (AvgIpc) is 3.10. The zero-order valence-electron chi connectivity index (χ0n) is 17.8. The highest BCUT2D eigenvalue weighted by atomic mass is 16.2. The molecule has 2 amide bonds. The molecule has 3 heterocycles. The van der Waals surface area contributed by atoms with Gasteiger partial charge in [0.05, 0.1) is 6.54 Å². The van der Waals surface area contributed by atoms with Crippen LogP contribution in [0.1, 0.15) is 42.4 Å². The number of benzene rings is 1. The van der Waals surface area contributed by atoms with Gasteiger partial charge < -0.3 is 20.0 Å². The van der Waals surface area contributed by atoms with Gasteiger partial charge in [0.1, 0.15) is 11.5 Å². The third-order valence-electron chi connectivity index (χ3n) is 5.72. The lowest BCUT2D eigenvalue weighted by Gasteiger charge is -2.34. The van der Waals surface area contributed by atoms with Crippen LogP contribution in [0, 0.1) is 0 Å². The van der Waals surface area contributed by atoms with Crippen LogP contribution in [0.5, 0.6) is 0 Å². The SMILES string of the molecule is CC(=O)N1CCN(c2nc(NCc3ccccc3)c3c(n2)C(=O)N(C(C)C)C3)CC1. The van der Waals surface area contributed by atoms with Crippen LogP contribution < -0.4 is 10.2 Å². The molecule has 30 heavy (non-hydrogen) atoms. The minimum atomic E-state index is -0.0474. The number of hydrogen-bond acceptors (Lipinski definition) is 6. The Morgan fingerprint density at radius 1 is 1.10 bits per heavy atom. The Hall–Kier alpha value is -3.16. The summed E-state index contributed by atoms with van der Waals surface area (Å²) in [6.07, 6.45) is 0. The van der Waals surface area contributed by atoms with E-state index in [1.54, 1.807) is 6.92 Å². The zero-order valence-corrected chi connectivity index (χ0v) is 17.8. The number of nitrogens with zero attached hydrogens (tertiary/aromatic N) is 5. The minimum absolute atomic E-state index is 0.0474. The quantitative estimate of drug-likeness (QED) is 0.816. The zero-order chi connectivity index (χ0) is 21.3. The van der Waals surface area contributed by atoms with Crippen molar-refractivity contribution in [2.45, 2.75) is 39.9 Å². The van der Waals surface area contributed by atoms with Gasteiger partial charge >= 0.3 is 0 Å². The van der Waals surface area contributed by atoms with E-state index < -0.39 is 0 Å². The molecule has 0 unspecified atom stereocenters. The monoisotopic (exact) mass is 408 g/mol. The fraction of sp³-hybridized carbons (Fsp3) is 0.455. The largest absolute Gasteiger partial charge is 0.366 e. The number of nitrogens with one attached hydrogen (secondary N) is 1. The molecule has 1 saturated heterocycles. The van der Waals surface area contributed by atoms with Crippen LogP contribution in [-0.2, 0) is 17.9 Å². The van der Waals surface area contributed by atoms with E-state index in [4.69, 9.17) is 4.98 Å². The number of piperazine rings is 1. The molecule has 1 N–H and O–H groups in total. The van der Waals surface area contributed by atoms with Gasteiger partial charge in [-0.3, -0.25) is 9.59 Å². The second-order valence-corrected chi connectivity index (χ2v) is 8.06. The van der Waals surface area contributed by atoms with Gasteiger partial charge in [-0.1, -0.05) is 30.3 Å². The summed E-state index contributed by atoms with van der Waals surface area (Å²) in [5, 5.41) is 3.43. The molecule has 1 aromatic heterocycles. The molecule has 0 radical (unpaired) electrons. The van der Waals surface area contributed by atoms with E-state index in [-0.39, 0.29) is 17.9 Å². The van der Waals surface area contributed by atoms with E-state index in [9.17, 15) is 9.59 Å². The molecule has 8 heteroatoms. The summed E-state index contributed by atoms with van der Waals surface area (Å²) in [6, 6.07) is 10.2. The van der Waals surface area contributed by atoms with Crippen molar-refractivity contribution in [2.24, 2.45) is 0 Å². The van der Waals surface area contributed by atoms with Gasteiger partial charge in [-0.25, -0.2) is 4.98 Å². The minimum Gasteiger partial charge on any atom is -0.366 e. The molecule has 8 nitrogen and oxygen atoms in total. The van der Waals surface area contributed by atoms with Crippen molar-refractivity contribution < 1.29 is 9.59 Å². The van der Waals surface area contributed by atoms with Gasteiger partial charge in [-0.05, 0) is 19.4 Å². The number of carbonyl (C=O) groups is 2. The summed E-state index contributed by atoms with van der Waals surface area (Å²) < 4.78 is 0. The molecular weight excluding hydrogens is 380 g/mol. The molecule has 0 atom stereocenters. The lowest BCUT2D eigenvalue weighted by molar-refractivity contribution is -0.129. The lowest BCUT2D eigenvalue weighted by atomic mass is 10.2. The molecule has 4 rings (SSSR count). The summed E-state index contributed by atoms with van der Waals surface area (Å²) in [7, 11) is 0. The van der Waals surface area contributed by atoms with E-state index in [1.165, 1.54) is 0 Å². The molecule has 0 spiro atoms. The number of fused-ring (bicyclic) bond motifs is 1. The normalized spacial score (nSPS) is 16.3. The Kier molecular flexibility index (Phi) is 5.57. The number of amides is 2. The van der Waals surface area contributed by atoms with Crippen LogP contribution in [0.4, 0.5) is 11.8 Å². The van der Waals surface area contributed by atoms with Crippen LogP contribution in [0.3, 0.4) is 0 Å². The smallest absolute Gasteiger partial charge is 0.273 e. The van der Waals surface area contributed by atoms with Gasteiger partial charge in [-0.15, -0.1) is 0 Å². The summed E-state index contributed by atoms with van der Waals surface area (Å²) in [4.78, 5) is 39.8. The maximum atomic E-state index is 13.0. The van der Waals surface area contributed by atoms with Crippen molar-refractivity contribution in [3.8, 4) is 0 Å². The Balaban J connectivity index is 1.62. The fourth-order valence-electron chi connectivity index (χ4n) is 3.88. The van der Waals surface area contributed by atoms with E-state index in [2.05, 4.69) is 27.3 Å². The van der Waals surface area contributed by atoms with Crippen LogP contribution in [0.2, 0.25) is 0 Å². The molecule has 158 valence electrons. The van der Waals surface area contributed by atoms with Crippen molar-refractivity contribution in [2.75, 3.05) is 36.4 Å². The molecule has 0 bridgehead atoms. The Bertz CT molecular complexity index is 938. The molecule has 0 aliphatic carbocycles. The van der Waals surface area contributed by atoms with Crippen LogP contribution in [0.15, 0.2) is 30.3 Å². The summed E-state index contributed by atoms with van der Waals surface area (Å²) in [6.45, 7) is 9.32. The second kappa shape index (κ2) is 8.30. The number of anilines is 2. The van der Waals surface area contributed by atoms with Crippen molar-refractivity contribution in [1.29, 1.82) is 0 Å². The molecule has 1 aromatic carbocycles. The highest BCUT2D eigenvalue weighted by molar-refractivity contribution is 5.98. The number of carbonyl (C=O) groups excluding carboxylic acids is 2. The van der Waals surface area contributed by atoms with Gasteiger partial charge in [0.15, 0.2) is 0 Å². The highest BCUT2D eigenvalue weighted by Gasteiger charge is 2.35. The predicted molar refractivity (Wildman–Crippen MR) is 115 cm³/mol. The van der Waals surface area contributed by atoms with E-state index in [0.717, 1.165) is 11.1 Å². The number of aromatic nitrogens is 2. The van der Waals surface area contributed by atoms with Gasteiger partial charge in [0.2, 0.25) is 11.9 Å². The van der Waals surface area contributed by atoms with Gasteiger partial charge in [-0.2, -0.15) is 4.98 Å². The summed E-state index contributed by atoms with van der Waals surface area (Å²) in [5.41, 5.74) is 2.49. The molecule has 2 aromatic rings. The second-order valence-electron chi connectivity index (χ2n) is 8.06. The Labute approximate surface area is 176 Å². The standard InChI is InChI=1S/C22H28N6O2/c1-15(2)28-14-18-19(21(28)30)24-22(27-11-9-26(10-12-27)16(3)29)25-20(18)23-13-17-7-5-4-6-8-17/h4-8,15H,9-14H2,1-3H3,(H,23,24,25). The maximum absolute atomic E-state index is 13.0. The van der Waals surface area contributed by atoms with Crippen molar-refractivity contribution in [3.05, 3.63) is 47.2 Å². The molecule has 1 fully saturated rings. The average molecular weight is 409 g/mol. The number of hydrogen-bond donors (Lipinski definition) is 1. The third kappa shape index (κ3) is 3.94. The van der Waals surface area contributed by atoms with Crippen LogP contribution in [0.25, 0.3) is 0 Å². The predicted octanol–water partition coefficient (Wildman–Crippen LogP) is 2.12. The van der Waals surface area contributed by atoms with E-state index in [0.29, 0.717) is 56.7 Å². The van der Waals surface area contributed by atoms with Crippen molar-refractivity contribution in [1.82, 2.24) is 19.8 Å². The molecule has 2 aliphatic heterocycles. The topological polar surface area (TPSA) is 81.7 Å². The van der Waals surface area contributed by atoms with Gasteiger partial charge in [0.25, 0.3) is 5.91 Å². The van der Waals surface area contributed by atoms with E-state index >= 15 is 0 Å².